The zero-order chi connectivity index (χ0) is 12.3. The SMILES string of the molecule is Cc1cccc(OCCc2nc(N)nn2C)c1. The number of anilines is 1. The maximum Gasteiger partial charge on any atom is 0.239 e. The molecule has 0 saturated carbocycles. The minimum Gasteiger partial charge on any atom is -0.493 e. The van der Waals surface area contributed by atoms with Crippen LogP contribution in [0.2, 0.25) is 0 Å². The predicted octanol–water partition coefficient (Wildman–Crippen LogP) is 1.33. The summed E-state index contributed by atoms with van der Waals surface area (Å²) in [4.78, 5) is 4.11. The molecule has 17 heavy (non-hydrogen) atoms. The van der Waals surface area contributed by atoms with E-state index >= 15 is 0 Å². The number of hydrogen-bond acceptors (Lipinski definition) is 4. The maximum absolute atomic E-state index is 5.63. The molecule has 0 radical (unpaired) electrons. The van der Waals surface area contributed by atoms with Crippen LogP contribution in [0.5, 0.6) is 5.75 Å². The Bertz CT molecular complexity index is 507. The van der Waals surface area contributed by atoms with Crippen LogP contribution in [0.25, 0.3) is 0 Å². The van der Waals surface area contributed by atoms with Gasteiger partial charge in [-0.05, 0) is 24.6 Å². The van der Waals surface area contributed by atoms with E-state index in [1.807, 2.05) is 38.2 Å². The van der Waals surface area contributed by atoms with Gasteiger partial charge in [0.2, 0.25) is 5.95 Å². The molecule has 0 amide bonds. The first-order chi connectivity index (χ1) is 8.15. The fourth-order valence-electron chi connectivity index (χ4n) is 1.62. The second kappa shape index (κ2) is 4.86. The van der Waals surface area contributed by atoms with Crippen LogP contribution in [0, 0.1) is 6.92 Å². The molecule has 0 fully saturated rings. The molecule has 1 aromatic heterocycles. The third-order valence-electron chi connectivity index (χ3n) is 2.45. The number of nitrogens with zero attached hydrogens (tertiary/aromatic N) is 3. The molecule has 5 heteroatoms. The van der Waals surface area contributed by atoms with Gasteiger partial charge in [0.1, 0.15) is 11.6 Å². The Kier molecular flexibility index (Phi) is 3.27. The van der Waals surface area contributed by atoms with Gasteiger partial charge in [0, 0.05) is 13.5 Å². The van der Waals surface area contributed by atoms with Crippen LogP contribution in [-0.4, -0.2) is 21.4 Å². The van der Waals surface area contributed by atoms with Crippen molar-refractivity contribution >= 4 is 5.95 Å². The van der Waals surface area contributed by atoms with E-state index < -0.39 is 0 Å². The van der Waals surface area contributed by atoms with Gasteiger partial charge < -0.3 is 10.5 Å². The second-order valence-corrected chi connectivity index (χ2v) is 3.92. The van der Waals surface area contributed by atoms with Crippen molar-refractivity contribution in [3.05, 3.63) is 35.7 Å². The Morgan fingerprint density at radius 1 is 1.41 bits per heavy atom. The van der Waals surface area contributed by atoms with Crippen molar-refractivity contribution in [1.82, 2.24) is 14.8 Å². The van der Waals surface area contributed by atoms with Crippen molar-refractivity contribution < 1.29 is 4.74 Å². The van der Waals surface area contributed by atoms with E-state index in [9.17, 15) is 0 Å². The molecule has 5 nitrogen and oxygen atoms in total. The van der Waals surface area contributed by atoms with E-state index in [1.54, 1.807) is 4.68 Å². The van der Waals surface area contributed by atoms with E-state index in [4.69, 9.17) is 10.5 Å². The lowest BCUT2D eigenvalue weighted by molar-refractivity contribution is 0.316. The second-order valence-electron chi connectivity index (χ2n) is 3.92. The third-order valence-corrected chi connectivity index (χ3v) is 2.45. The topological polar surface area (TPSA) is 66.0 Å². The summed E-state index contributed by atoms with van der Waals surface area (Å²) >= 11 is 0. The highest BCUT2D eigenvalue weighted by molar-refractivity contribution is 5.27. The van der Waals surface area contributed by atoms with Crippen LogP contribution in [-0.2, 0) is 13.5 Å². The number of benzene rings is 1. The number of aryl methyl sites for hydroxylation is 2. The number of ether oxygens (including phenoxy) is 1. The predicted molar refractivity (Wildman–Crippen MR) is 65.8 cm³/mol. The van der Waals surface area contributed by atoms with Gasteiger partial charge in [0.05, 0.1) is 6.61 Å². The highest BCUT2D eigenvalue weighted by Crippen LogP contribution is 2.12. The minimum atomic E-state index is 0.304. The highest BCUT2D eigenvalue weighted by Gasteiger charge is 2.04. The van der Waals surface area contributed by atoms with Gasteiger partial charge in [-0.1, -0.05) is 12.1 Å². The van der Waals surface area contributed by atoms with Crippen LogP contribution in [0.3, 0.4) is 0 Å². The van der Waals surface area contributed by atoms with Gasteiger partial charge in [0.15, 0.2) is 0 Å². The molecule has 0 unspecified atom stereocenters. The van der Waals surface area contributed by atoms with E-state index in [2.05, 4.69) is 10.1 Å². The highest BCUT2D eigenvalue weighted by atomic mass is 16.5. The molecule has 2 rings (SSSR count). The summed E-state index contributed by atoms with van der Waals surface area (Å²) < 4.78 is 7.31. The number of hydrogen-bond donors (Lipinski definition) is 1. The van der Waals surface area contributed by atoms with Gasteiger partial charge in [0.25, 0.3) is 0 Å². The first kappa shape index (κ1) is 11.4. The summed E-state index contributed by atoms with van der Waals surface area (Å²) in [5.74, 6) is 2.01. The summed E-state index contributed by atoms with van der Waals surface area (Å²) in [5.41, 5.74) is 6.68. The molecule has 0 bridgehead atoms. The van der Waals surface area contributed by atoms with Crippen molar-refractivity contribution in [2.45, 2.75) is 13.3 Å². The molecule has 0 spiro atoms. The lowest BCUT2D eigenvalue weighted by Gasteiger charge is -2.06. The zero-order valence-corrected chi connectivity index (χ0v) is 10.1. The molecule has 0 aliphatic heterocycles. The van der Waals surface area contributed by atoms with Crippen molar-refractivity contribution in [2.24, 2.45) is 7.05 Å². The molecular formula is C12H16N4O. The smallest absolute Gasteiger partial charge is 0.239 e. The Labute approximate surface area is 100 Å². The molecule has 1 aromatic carbocycles. The van der Waals surface area contributed by atoms with E-state index in [1.165, 1.54) is 5.56 Å². The quantitative estimate of drug-likeness (QED) is 0.863. The Balaban J connectivity index is 1.89. The molecule has 90 valence electrons. The third kappa shape index (κ3) is 2.96. The van der Waals surface area contributed by atoms with E-state index in [0.29, 0.717) is 19.0 Å². The number of nitrogen functional groups attached to an aromatic ring is 1. The first-order valence-electron chi connectivity index (χ1n) is 5.50. The van der Waals surface area contributed by atoms with Crippen LogP contribution in [0.15, 0.2) is 24.3 Å². The summed E-state index contributed by atoms with van der Waals surface area (Å²) in [7, 11) is 1.82. The lowest BCUT2D eigenvalue weighted by atomic mass is 10.2. The van der Waals surface area contributed by atoms with Gasteiger partial charge in [-0.25, -0.2) is 0 Å². The van der Waals surface area contributed by atoms with Crippen molar-refractivity contribution in [1.29, 1.82) is 0 Å². The number of rotatable bonds is 4. The maximum atomic E-state index is 5.63. The van der Waals surface area contributed by atoms with Crippen molar-refractivity contribution in [2.75, 3.05) is 12.3 Å². The summed E-state index contributed by atoms with van der Waals surface area (Å²) in [6.45, 7) is 2.60. The van der Waals surface area contributed by atoms with Gasteiger partial charge >= 0.3 is 0 Å². The average molecular weight is 232 g/mol. The number of aromatic nitrogens is 3. The molecule has 2 aromatic rings. The normalized spacial score (nSPS) is 10.5. The van der Waals surface area contributed by atoms with Crippen LogP contribution in [0.1, 0.15) is 11.4 Å². The molecule has 0 saturated heterocycles. The largest absolute Gasteiger partial charge is 0.493 e. The van der Waals surface area contributed by atoms with E-state index in [0.717, 1.165) is 11.6 Å². The Hall–Kier alpha value is -2.04. The van der Waals surface area contributed by atoms with Gasteiger partial charge in [-0.3, -0.25) is 4.68 Å². The molecular weight excluding hydrogens is 216 g/mol. The molecule has 0 aliphatic rings. The summed E-state index contributed by atoms with van der Waals surface area (Å²) in [6.07, 6.45) is 0.689. The Morgan fingerprint density at radius 3 is 2.88 bits per heavy atom. The van der Waals surface area contributed by atoms with Crippen molar-refractivity contribution in [3.63, 3.8) is 0 Å². The number of nitrogens with two attached hydrogens (primary N) is 1. The standard InChI is InChI=1S/C12H16N4O/c1-9-4-3-5-10(8-9)17-7-6-11-14-12(13)15-16(11)2/h3-5,8H,6-7H2,1-2H3,(H2,13,15). The van der Waals surface area contributed by atoms with Crippen LogP contribution < -0.4 is 10.5 Å². The summed E-state index contributed by atoms with van der Waals surface area (Å²) in [6, 6.07) is 7.96. The molecule has 0 atom stereocenters. The fourth-order valence-corrected chi connectivity index (χ4v) is 1.62. The Morgan fingerprint density at radius 2 is 2.24 bits per heavy atom. The van der Waals surface area contributed by atoms with Gasteiger partial charge in [-0.2, -0.15) is 4.98 Å². The van der Waals surface area contributed by atoms with E-state index in [-0.39, 0.29) is 0 Å². The fraction of sp³-hybridized carbons (Fsp3) is 0.333. The van der Waals surface area contributed by atoms with Crippen LogP contribution in [0.4, 0.5) is 5.95 Å². The summed E-state index contributed by atoms with van der Waals surface area (Å²) in [5, 5.41) is 3.98. The molecule has 0 aliphatic carbocycles. The average Bonchev–Trinajstić information content (AvgIpc) is 2.58. The first-order valence-corrected chi connectivity index (χ1v) is 5.50. The zero-order valence-electron chi connectivity index (χ0n) is 10.1. The minimum absolute atomic E-state index is 0.304. The van der Waals surface area contributed by atoms with Crippen molar-refractivity contribution in [3.8, 4) is 5.75 Å². The lowest BCUT2D eigenvalue weighted by Crippen LogP contribution is -2.07. The molecule has 2 N–H and O–H groups in total. The van der Waals surface area contributed by atoms with Crippen LogP contribution >= 0.6 is 0 Å². The molecule has 1 heterocycles. The van der Waals surface area contributed by atoms with Gasteiger partial charge in [-0.15, -0.1) is 5.10 Å². The monoisotopic (exact) mass is 232 g/mol.